The third kappa shape index (κ3) is 3.79. The molecular weight excluding hydrogens is 361 g/mol. The molecule has 0 aliphatic carbocycles. The predicted octanol–water partition coefficient (Wildman–Crippen LogP) is 4.31. The summed E-state index contributed by atoms with van der Waals surface area (Å²) in [6.45, 7) is 1.56. The van der Waals surface area contributed by atoms with Crippen molar-refractivity contribution in [1.82, 2.24) is 0 Å². The van der Waals surface area contributed by atoms with Gasteiger partial charge in [-0.3, -0.25) is 4.79 Å². The van der Waals surface area contributed by atoms with Crippen LogP contribution in [-0.2, 0) is 4.79 Å². The summed E-state index contributed by atoms with van der Waals surface area (Å²) in [5, 5.41) is 5.13. The van der Waals surface area contributed by atoms with Crippen molar-refractivity contribution < 1.29 is 18.0 Å². The lowest BCUT2D eigenvalue weighted by Crippen LogP contribution is -2.32. The molecule has 0 radical (unpaired) electrons. The molecule has 22 heavy (non-hydrogen) atoms. The van der Waals surface area contributed by atoms with E-state index in [0.717, 1.165) is 16.6 Å². The second-order valence-electron chi connectivity index (χ2n) is 4.59. The van der Waals surface area contributed by atoms with Crippen LogP contribution in [0.4, 0.5) is 24.5 Å². The minimum absolute atomic E-state index is 0.409. The molecule has 0 spiro atoms. The molecule has 2 N–H and O–H groups in total. The zero-order chi connectivity index (χ0) is 16.3. The number of anilines is 2. The van der Waals surface area contributed by atoms with E-state index in [1.165, 1.54) is 0 Å². The highest BCUT2D eigenvalue weighted by Gasteiger charge is 2.18. The number of nitrogens with one attached hydrogen (secondary N) is 2. The van der Waals surface area contributed by atoms with Gasteiger partial charge in [0.05, 0.1) is 5.69 Å². The standard InChI is InChI=1S/C15H12BrF3N2O/c1-8(20-10-4-2-9(16)3-5-10)15(22)21-12-7-6-11(17)13(18)14(12)19/h2-8,20H,1H3,(H,21,22)/t8-/m1/s1. The molecule has 0 heterocycles. The summed E-state index contributed by atoms with van der Waals surface area (Å²) in [4.78, 5) is 12.0. The molecule has 1 atom stereocenters. The van der Waals surface area contributed by atoms with Crippen LogP contribution >= 0.6 is 15.9 Å². The number of rotatable bonds is 4. The van der Waals surface area contributed by atoms with Crippen molar-refractivity contribution in [2.45, 2.75) is 13.0 Å². The molecule has 2 aromatic rings. The minimum Gasteiger partial charge on any atom is -0.374 e. The van der Waals surface area contributed by atoms with Gasteiger partial charge in [0, 0.05) is 10.2 Å². The van der Waals surface area contributed by atoms with E-state index in [1.807, 2.05) is 0 Å². The lowest BCUT2D eigenvalue weighted by molar-refractivity contribution is -0.116. The fourth-order valence-electron chi connectivity index (χ4n) is 1.73. The molecule has 1 amide bonds. The largest absolute Gasteiger partial charge is 0.374 e. The van der Waals surface area contributed by atoms with Crippen LogP contribution in [-0.4, -0.2) is 11.9 Å². The lowest BCUT2D eigenvalue weighted by Gasteiger charge is -2.16. The van der Waals surface area contributed by atoms with Gasteiger partial charge in [0.2, 0.25) is 5.91 Å². The highest BCUT2D eigenvalue weighted by molar-refractivity contribution is 9.10. The third-order valence-corrected chi connectivity index (χ3v) is 3.44. The first kappa shape index (κ1) is 16.4. The van der Waals surface area contributed by atoms with Gasteiger partial charge in [-0.2, -0.15) is 0 Å². The molecule has 0 saturated heterocycles. The van der Waals surface area contributed by atoms with Crippen LogP contribution in [0.15, 0.2) is 40.9 Å². The maximum atomic E-state index is 13.5. The first-order chi connectivity index (χ1) is 10.4. The van der Waals surface area contributed by atoms with Crippen molar-refractivity contribution in [2.24, 2.45) is 0 Å². The van der Waals surface area contributed by atoms with Crippen LogP contribution in [0.5, 0.6) is 0 Å². The summed E-state index contributed by atoms with van der Waals surface area (Å²) >= 11 is 3.29. The minimum atomic E-state index is -1.62. The Hall–Kier alpha value is -2.02. The second kappa shape index (κ2) is 6.83. The summed E-state index contributed by atoms with van der Waals surface area (Å²) in [6.07, 6.45) is 0. The van der Waals surface area contributed by atoms with Gasteiger partial charge < -0.3 is 10.6 Å². The Bertz CT molecular complexity index is 692. The number of amides is 1. The van der Waals surface area contributed by atoms with Crippen molar-refractivity contribution in [2.75, 3.05) is 10.6 Å². The van der Waals surface area contributed by atoms with Gasteiger partial charge in [-0.05, 0) is 43.3 Å². The van der Waals surface area contributed by atoms with E-state index in [-0.39, 0.29) is 0 Å². The first-order valence-corrected chi connectivity index (χ1v) is 7.14. The van der Waals surface area contributed by atoms with Gasteiger partial charge in [-0.15, -0.1) is 0 Å². The van der Waals surface area contributed by atoms with Crippen LogP contribution in [0.2, 0.25) is 0 Å². The second-order valence-corrected chi connectivity index (χ2v) is 5.50. The molecule has 0 aromatic heterocycles. The quantitative estimate of drug-likeness (QED) is 0.785. The first-order valence-electron chi connectivity index (χ1n) is 6.35. The van der Waals surface area contributed by atoms with Crippen LogP contribution in [0.1, 0.15) is 6.92 Å². The van der Waals surface area contributed by atoms with E-state index in [4.69, 9.17) is 0 Å². The molecule has 0 fully saturated rings. The number of hydrogen-bond donors (Lipinski definition) is 2. The van der Waals surface area contributed by atoms with Crippen LogP contribution < -0.4 is 10.6 Å². The zero-order valence-electron chi connectivity index (χ0n) is 11.5. The van der Waals surface area contributed by atoms with Crippen molar-refractivity contribution >= 4 is 33.2 Å². The Morgan fingerprint density at radius 1 is 1.05 bits per heavy atom. The van der Waals surface area contributed by atoms with Crippen molar-refractivity contribution in [3.63, 3.8) is 0 Å². The molecule has 0 aliphatic heterocycles. The average molecular weight is 373 g/mol. The Kier molecular flexibility index (Phi) is 5.07. The Labute approximate surface area is 133 Å². The van der Waals surface area contributed by atoms with Gasteiger partial charge in [-0.25, -0.2) is 13.2 Å². The van der Waals surface area contributed by atoms with Gasteiger partial charge in [0.15, 0.2) is 17.5 Å². The molecule has 3 nitrogen and oxygen atoms in total. The number of carbonyl (C=O) groups is 1. The SMILES string of the molecule is C[C@@H](Nc1ccc(Br)cc1)C(=O)Nc1ccc(F)c(F)c1F. The molecule has 7 heteroatoms. The van der Waals surface area contributed by atoms with Crippen LogP contribution in [0, 0.1) is 17.5 Å². The van der Waals surface area contributed by atoms with Crippen LogP contribution in [0.3, 0.4) is 0 Å². The van der Waals surface area contributed by atoms with Crippen LogP contribution in [0.25, 0.3) is 0 Å². The zero-order valence-corrected chi connectivity index (χ0v) is 13.0. The molecule has 0 unspecified atom stereocenters. The average Bonchev–Trinajstić information content (AvgIpc) is 2.50. The van der Waals surface area contributed by atoms with Gasteiger partial charge in [0.1, 0.15) is 6.04 Å². The van der Waals surface area contributed by atoms with E-state index in [0.29, 0.717) is 5.69 Å². The lowest BCUT2D eigenvalue weighted by atomic mass is 10.2. The van der Waals surface area contributed by atoms with Crippen molar-refractivity contribution in [3.05, 3.63) is 58.3 Å². The summed E-state index contributed by atoms with van der Waals surface area (Å²) in [6, 6.07) is 8.12. The highest BCUT2D eigenvalue weighted by Crippen LogP contribution is 2.20. The number of benzene rings is 2. The van der Waals surface area contributed by atoms with Crippen molar-refractivity contribution in [1.29, 1.82) is 0 Å². The number of halogens is 4. The van der Waals surface area contributed by atoms with Gasteiger partial charge in [0.25, 0.3) is 0 Å². The topological polar surface area (TPSA) is 41.1 Å². The molecule has 0 bridgehead atoms. The number of carbonyl (C=O) groups excluding carboxylic acids is 1. The van der Waals surface area contributed by atoms with E-state index in [1.54, 1.807) is 31.2 Å². The molecule has 0 saturated carbocycles. The van der Waals surface area contributed by atoms with Gasteiger partial charge in [-0.1, -0.05) is 15.9 Å². The molecule has 0 aliphatic rings. The van der Waals surface area contributed by atoms with E-state index < -0.39 is 35.1 Å². The summed E-state index contributed by atoms with van der Waals surface area (Å²) in [5.41, 5.74) is 0.282. The normalized spacial score (nSPS) is 11.9. The molecule has 2 rings (SSSR count). The van der Waals surface area contributed by atoms with Crippen molar-refractivity contribution in [3.8, 4) is 0 Å². The Morgan fingerprint density at radius 3 is 2.32 bits per heavy atom. The smallest absolute Gasteiger partial charge is 0.246 e. The van der Waals surface area contributed by atoms with Gasteiger partial charge >= 0.3 is 0 Å². The molecule has 2 aromatic carbocycles. The maximum Gasteiger partial charge on any atom is 0.246 e. The fourth-order valence-corrected chi connectivity index (χ4v) is 1.99. The fraction of sp³-hybridized carbons (Fsp3) is 0.133. The summed E-state index contributed by atoms with van der Waals surface area (Å²) in [5.74, 6) is -4.93. The molecule has 116 valence electrons. The van der Waals surface area contributed by atoms with E-state index in [9.17, 15) is 18.0 Å². The van der Waals surface area contributed by atoms with E-state index >= 15 is 0 Å². The summed E-state index contributed by atoms with van der Waals surface area (Å²) < 4.78 is 40.3. The number of hydrogen-bond acceptors (Lipinski definition) is 2. The Morgan fingerprint density at radius 2 is 1.68 bits per heavy atom. The highest BCUT2D eigenvalue weighted by atomic mass is 79.9. The monoisotopic (exact) mass is 372 g/mol. The summed E-state index contributed by atoms with van der Waals surface area (Å²) in [7, 11) is 0. The third-order valence-electron chi connectivity index (χ3n) is 2.91. The van der Waals surface area contributed by atoms with E-state index in [2.05, 4.69) is 26.6 Å². The molecular formula is C15H12BrF3N2O. The maximum absolute atomic E-state index is 13.5. The predicted molar refractivity (Wildman–Crippen MR) is 82.2 cm³/mol. The Balaban J connectivity index is 2.05.